The largest absolute Gasteiger partial charge is 0.455 e. The number of aromatic amines is 1. The normalized spacial score (nSPS) is 31.0. The van der Waals surface area contributed by atoms with Crippen molar-refractivity contribution < 1.29 is 26.9 Å². The average Bonchev–Trinajstić information content (AvgIpc) is 3.11. The molecule has 226 valence electrons. The molecule has 4 aliphatic rings. The second-order valence-corrected chi connectivity index (χ2v) is 16.6. The Labute approximate surface area is 248 Å². The first-order chi connectivity index (χ1) is 18.8. The number of aromatic nitrogens is 3. The Balaban J connectivity index is 1.48. The van der Waals surface area contributed by atoms with Crippen molar-refractivity contribution in [3.8, 4) is 11.1 Å². The predicted molar refractivity (Wildman–Crippen MR) is 156 cm³/mol. The van der Waals surface area contributed by atoms with Gasteiger partial charge in [-0.3, -0.25) is 9.28 Å². The zero-order chi connectivity index (χ0) is 30.1. The van der Waals surface area contributed by atoms with Gasteiger partial charge in [-0.15, -0.1) is 0 Å². The highest BCUT2D eigenvalue weighted by Gasteiger charge is 2.66. The van der Waals surface area contributed by atoms with Crippen LogP contribution in [0.5, 0.6) is 0 Å². The maximum Gasteiger partial charge on any atom is 0.358 e. The Bertz CT molecular complexity index is 1440. The quantitative estimate of drug-likeness (QED) is 0.158. The molecule has 0 spiro atoms. The van der Waals surface area contributed by atoms with E-state index in [1.165, 1.54) is 0 Å². The molecule has 0 radical (unpaired) electrons. The number of carbonyl (C=O) groups excluding carboxylic acids is 1. The van der Waals surface area contributed by atoms with Crippen LogP contribution in [0.15, 0.2) is 12.1 Å². The number of carbonyl (C=O) groups is 1. The summed E-state index contributed by atoms with van der Waals surface area (Å²) < 4.78 is 40.2. The van der Waals surface area contributed by atoms with Gasteiger partial charge in [0.05, 0.1) is 30.8 Å². The summed E-state index contributed by atoms with van der Waals surface area (Å²) in [7, 11) is -3.52. The Morgan fingerprint density at radius 1 is 1.05 bits per heavy atom. The number of pyridine rings is 1. The zero-order valence-corrected chi connectivity index (χ0v) is 26.7. The third-order valence-corrected chi connectivity index (χ3v) is 9.53. The number of halogens is 1. The molecule has 4 fully saturated rings. The van der Waals surface area contributed by atoms with Gasteiger partial charge < -0.3 is 9.47 Å². The monoisotopic (exact) mass is 607 g/mol. The van der Waals surface area contributed by atoms with Crippen LogP contribution in [-0.2, 0) is 30.2 Å². The number of nitrogens with zero attached hydrogens (tertiary/aromatic N) is 2. The number of H-pyrrole nitrogens is 1. The standard InChI is InChI=1S/C30H42ClN3O6S/c1-19-23(20-8-9-22(31)32-24(20)25(35)40-26(2,3)4)21(34-33-19)12-29-14-27(5)13-28(6,15-29)17-30(16-27,18-29)38-10-11-39-41(7,36)37/h8-9H,10-18H2,1-7H3,(H,33,34). The summed E-state index contributed by atoms with van der Waals surface area (Å²) in [6, 6.07) is 3.51. The fraction of sp³-hybridized carbons (Fsp3) is 0.700. The van der Waals surface area contributed by atoms with Crippen molar-refractivity contribution in [2.24, 2.45) is 16.2 Å². The van der Waals surface area contributed by atoms with Crippen LogP contribution in [-0.4, -0.2) is 60.2 Å². The van der Waals surface area contributed by atoms with E-state index in [1.807, 2.05) is 33.8 Å². The van der Waals surface area contributed by atoms with Gasteiger partial charge in [-0.2, -0.15) is 13.5 Å². The molecule has 4 bridgehead atoms. The first-order valence-electron chi connectivity index (χ1n) is 14.2. The van der Waals surface area contributed by atoms with E-state index in [0.717, 1.165) is 68.2 Å². The maximum atomic E-state index is 13.2. The molecule has 2 aromatic rings. The topological polar surface area (TPSA) is 120 Å². The van der Waals surface area contributed by atoms with Gasteiger partial charge in [0.2, 0.25) is 0 Å². The maximum absolute atomic E-state index is 13.2. The number of nitrogens with one attached hydrogen (secondary N) is 1. The Hall–Kier alpha value is -2.01. The van der Waals surface area contributed by atoms with E-state index in [1.54, 1.807) is 6.07 Å². The predicted octanol–water partition coefficient (Wildman–Crippen LogP) is 6.04. The van der Waals surface area contributed by atoms with E-state index >= 15 is 0 Å². The fourth-order valence-corrected chi connectivity index (χ4v) is 9.57. The van der Waals surface area contributed by atoms with Crippen LogP contribution >= 0.6 is 11.6 Å². The minimum absolute atomic E-state index is 0.0146. The van der Waals surface area contributed by atoms with E-state index < -0.39 is 21.7 Å². The number of rotatable bonds is 9. The van der Waals surface area contributed by atoms with Crippen LogP contribution in [0.25, 0.3) is 11.1 Å². The molecule has 0 aromatic carbocycles. The summed E-state index contributed by atoms with van der Waals surface area (Å²) in [6.07, 6.45) is 7.81. The molecule has 9 nitrogen and oxygen atoms in total. The number of esters is 1. The van der Waals surface area contributed by atoms with Crippen LogP contribution in [0.2, 0.25) is 5.15 Å². The van der Waals surface area contributed by atoms with Gasteiger partial charge in [0.1, 0.15) is 10.8 Å². The van der Waals surface area contributed by atoms with Crippen LogP contribution < -0.4 is 0 Å². The van der Waals surface area contributed by atoms with Crippen molar-refractivity contribution in [1.29, 1.82) is 0 Å². The van der Waals surface area contributed by atoms with Crippen molar-refractivity contribution >= 4 is 27.7 Å². The molecule has 6 rings (SSSR count). The zero-order valence-electron chi connectivity index (χ0n) is 25.1. The van der Waals surface area contributed by atoms with Crippen LogP contribution in [0.3, 0.4) is 0 Å². The Morgan fingerprint density at radius 2 is 1.71 bits per heavy atom. The lowest BCUT2D eigenvalue weighted by atomic mass is 9.38. The van der Waals surface area contributed by atoms with Gasteiger partial charge in [0.15, 0.2) is 5.69 Å². The molecule has 2 unspecified atom stereocenters. The summed E-state index contributed by atoms with van der Waals surface area (Å²) in [5.74, 6) is -0.528. The highest BCUT2D eigenvalue weighted by atomic mass is 35.5. The lowest BCUT2D eigenvalue weighted by molar-refractivity contribution is -0.245. The third kappa shape index (κ3) is 6.50. The highest BCUT2D eigenvalue weighted by Crippen LogP contribution is 2.72. The highest BCUT2D eigenvalue weighted by molar-refractivity contribution is 7.85. The summed E-state index contributed by atoms with van der Waals surface area (Å²) in [5.41, 5.74) is 2.55. The number of ether oxygens (including phenoxy) is 2. The van der Waals surface area contributed by atoms with Crippen molar-refractivity contribution in [2.45, 2.75) is 97.7 Å². The molecule has 2 aromatic heterocycles. The lowest BCUT2D eigenvalue weighted by Crippen LogP contribution is -2.64. The summed E-state index contributed by atoms with van der Waals surface area (Å²) in [5, 5.41) is 8.16. The van der Waals surface area contributed by atoms with Crippen molar-refractivity contribution in [2.75, 3.05) is 19.5 Å². The molecule has 0 saturated heterocycles. The molecular formula is C30H42ClN3O6S. The second-order valence-electron chi connectivity index (χ2n) is 14.6. The molecular weight excluding hydrogens is 566 g/mol. The average molecular weight is 608 g/mol. The number of hydrogen-bond acceptors (Lipinski definition) is 8. The van der Waals surface area contributed by atoms with Gasteiger partial charge in [-0.1, -0.05) is 25.4 Å². The van der Waals surface area contributed by atoms with Crippen LogP contribution in [0, 0.1) is 23.2 Å². The Kier molecular flexibility index (Phi) is 7.45. The van der Waals surface area contributed by atoms with E-state index in [2.05, 4.69) is 23.9 Å². The van der Waals surface area contributed by atoms with E-state index in [4.69, 9.17) is 30.4 Å². The molecule has 2 atom stereocenters. The molecule has 1 N–H and O–H groups in total. The van der Waals surface area contributed by atoms with Gasteiger partial charge in [-0.05, 0) is 101 Å². The number of hydrogen-bond donors (Lipinski definition) is 1. The number of aryl methyl sites for hydroxylation is 1. The van der Waals surface area contributed by atoms with Gasteiger partial charge in [0, 0.05) is 16.8 Å². The van der Waals surface area contributed by atoms with E-state index in [0.29, 0.717) is 5.56 Å². The third-order valence-electron chi connectivity index (χ3n) is 8.73. The molecule has 0 amide bonds. The smallest absolute Gasteiger partial charge is 0.358 e. The van der Waals surface area contributed by atoms with Crippen molar-refractivity contribution in [3.05, 3.63) is 34.4 Å². The Morgan fingerprint density at radius 3 is 2.32 bits per heavy atom. The van der Waals surface area contributed by atoms with Gasteiger partial charge in [-0.25, -0.2) is 9.78 Å². The molecule has 4 saturated carbocycles. The first-order valence-corrected chi connectivity index (χ1v) is 16.4. The summed E-state index contributed by atoms with van der Waals surface area (Å²) in [4.78, 5) is 17.6. The van der Waals surface area contributed by atoms with Gasteiger partial charge in [0.25, 0.3) is 10.1 Å². The minimum Gasteiger partial charge on any atom is -0.455 e. The van der Waals surface area contributed by atoms with Crippen LogP contribution in [0.4, 0.5) is 0 Å². The second kappa shape index (κ2) is 10.0. The SMILES string of the molecule is Cc1[nH]nc(CC23CC4(C)CC(C)(C2)CC(OCCOS(C)(=O)=O)(C4)C3)c1-c1ccc(Cl)nc1C(=O)OC(C)(C)C. The van der Waals surface area contributed by atoms with E-state index in [9.17, 15) is 13.2 Å². The molecule has 0 aliphatic heterocycles. The van der Waals surface area contributed by atoms with Gasteiger partial charge >= 0.3 is 5.97 Å². The lowest BCUT2D eigenvalue weighted by Gasteiger charge is -2.69. The first kappa shape index (κ1) is 30.4. The molecule has 2 heterocycles. The fourth-order valence-electron chi connectivity index (χ4n) is 9.05. The molecule has 41 heavy (non-hydrogen) atoms. The van der Waals surface area contributed by atoms with Crippen molar-refractivity contribution in [3.63, 3.8) is 0 Å². The summed E-state index contributed by atoms with van der Waals surface area (Å²) in [6.45, 7) is 12.4. The van der Waals surface area contributed by atoms with E-state index in [-0.39, 0.29) is 45.9 Å². The van der Waals surface area contributed by atoms with Crippen LogP contribution in [0.1, 0.15) is 95.0 Å². The minimum atomic E-state index is -3.52. The summed E-state index contributed by atoms with van der Waals surface area (Å²) >= 11 is 6.24. The molecule has 11 heteroatoms. The van der Waals surface area contributed by atoms with Crippen molar-refractivity contribution in [1.82, 2.24) is 15.2 Å². The molecule has 4 aliphatic carbocycles.